The van der Waals surface area contributed by atoms with Crippen molar-refractivity contribution in [3.05, 3.63) is 24.3 Å². The second-order valence-electron chi connectivity index (χ2n) is 16.7. The molecule has 0 aliphatic heterocycles. The van der Waals surface area contributed by atoms with Gasteiger partial charge in [-0.3, -0.25) is 9.59 Å². The first-order valence-corrected chi connectivity index (χ1v) is 25.0. The number of esters is 2. The van der Waals surface area contributed by atoms with Crippen molar-refractivity contribution in [3.63, 3.8) is 0 Å². The number of ether oxygens (including phenoxy) is 6. The molecule has 0 radical (unpaired) electrons. The molecule has 0 heterocycles. The van der Waals surface area contributed by atoms with Gasteiger partial charge in [0.2, 0.25) is 0 Å². The molecule has 60 heavy (non-hydrogen) atoms. The van der Waals surface area contributed by atoms with Gasteiger partial charge in [-0.05, 0) is 70.1 Å². The molecule has 0 rings (SSSR count). The summed E-state index contributed by atoms with van der Waals surface area (Å²) in [6.07, 6.45) is 39.1. The topological polar surface area (TPSA) is 107 Å². The predicted octanol–water partition coefficient (Wildman–Crippen LogP) is 14.7. The first kappa shape index (κ1) is 57.6. The molecule has 9 heteroatoms. The summed E-state index contributed by atoms with van der Waals surface area (Å²) in [7, 11) is 0. The van der Waals surface area contributed by atoms with E-state index in [-0.39, 0.29) is 32.2 Å². The molecule has 0 saturated heterocycles. The lowest BCUT2D eigenvalue weighted by Gasteiger charge is -2.20. The van der Waals surface area contributed by atoms with Gasteiger partial charge in [0.25, 0.3) is 0 Å². The molecule has 0 spiro atoms. The largest absolute Gasteiger partial charge is 0.508 e. The van der Waals surface area contributed by atoms with E-state index in [2.05, 4.69) is 58.9 Å². The highest BCUT2D eigenvalue weighted by molar-refractivity contribution is 5.69. The van der Waals surface area contributed by atoms with E-state index in [1.54, 1.807) is 0 Å². The smallest absolute Gasteiger partial charge is 0.465 e. The Bertz CT molecular complexity index is 991. The monoisotopic (exact) mass is 851 g/mol. The lowest BCUT2D eigenvalue weighted by atomic mass is 9.98. The van der Waals surface area contributed by atoms with Crippen LogP contribution in [0.15, 0.2) is 24.3 Å². The molecule has 0 amide bonds. The maximum atomic E-state index is 12.9. The summed E-state index contributed by atoms with van der Waals surface area (Å²) < 4.78 is 34.1. The van der Waals surface area contributed by atoms with E-state index in [9.17, 15) is 14.4 Å². The minimum Gasteiger partial charge on any atom is -0.465 e. The summed E-state index contributed by atoms with van der Waals surface area (Å²) in [6, 6.07) is 0. The fourth-order valence-corrected chi connectivity index (χ4v) is 6.89. The molecule has 1 atom stereocenters. The number of carbonyl (C=O) groups is 3. The van der Waals surface area contributed by atoms with Crippen molar-refractivity contribution < 1.29 is 42.8 Å². The predicted molar refractivity (Wildman–Crippen MR) is 247 cm³/mol. The summed E-state index contributed by atoms with van der Waals surface area (Å²) in [6.45, 7) is 12.4. The Morgan fingerprint density at radius 1 is 0.417 bits per heavy atom. The van der Waals surface area contributed by atoms with Gasteiger partial charge < -0.3 is 28.4 Å². The Labute approximate surface area is 369 Å². The maximum absolute atomic E-state index is 12.9. The third-order valence-electron chi connectivity index (χ3n) is 11.0. The molecule has 9 nitrogen and oxygen atoms in total. The minimum atomic E-state index is -0.764. The highest BCUT2D eigenvalue weighted by atomic mass is 16.7. The lowest BCUT2D eigenvalue weighted by Crippen LogP contribution is -2.27. The quantitative estimate of drug-likeness (QED) is 0.0195. The first-order chi connectivity index (χ1) is 29.4. The van der Waals surface area contributed by atoms with Crippen LogP contribution in [0.3, 0.4) is 0 Å². The average molecular weight is 851 g/mol. The Morgan fingerprint density at radius 2 is 0.883 bits per heavy atom. The lowest BCUT2D eigenvalue weighted by molar-refractivity contribution is -0.161. The van der Waals surface area contributed by atoms with Gasteiger partial charge in [0.05, 0.1) is 18.9 Å². The standard InChI is InChI=1S/C51H94O9/c1-6-11-14-17-20-21-22-23-24-25-26-27-28-29-32-37-48(52)58-43-47(45-60-51(54)57-42-35-36-46(9-4)10-5)44-59-49(53)38-39-50(55-40-33-30-18-15-12-7-2)56-41-34-31-19-16-13-8-3/h20-21,23-24,46-47,50H,6-19,22,25-45H2,1-5H3/b21-20-,24-23-. The number of allylic oxidation sites excluding steroid dienone is 4. The second-order valence-corrected chi connectivity index (χ2v) is 16.7. The number of hydrogen-bond donors (Lipinski definition) is 0. The van der Waals surface area contributed by atoms with Gasteiger partial charge in [-0.2, -0.15) is 0 Å². The summed E-state index contributed by atoms with van der Waals surface area (Å²) in [4.78, 5) is 38.0. The van der Waals surface area contributed by atoms with Gasteiger partial charge in [-0.1, -0.05) is 168 Å². The average Bonchev–Trinajstić information content (AvgIpc) is 3.25. The van der Waals surface area contributed by atoms with E-state index in [4.69, 9.17) is 28.4 Å². The number of carbonyl (C=O) groups excluding carboxylic acids is 3. The molecule has 0 saturated carbocycles. The summed E-state index contributed by atoms with van der Waals surface area (Å²) in [5.41, 5.74) is 0. The van der Waals surface area contributed by atoms with Crippen LogP contribution in [0.4, 0.5) is 4.79 Å². The summed E-state index contributed by atoms with van der Waals surface area (Å²) in [5, 5.41) is 0. The molecule has 0 aliphatic carbocycles. The minimum absolute atomic E-state index is 0.0142. The Kier molecular flexibility index (Phi) is 44.3. The zero-order valence-electron chi connectivity index (χ0n) is 39.7. The second kappa shape index (κ2) is 46.1. The van der Waals surface area contributed by atoms with Crippen LogP contribution in [0.5, 0.6) is 0 Å². The molecule has 0 bridgehead atoms. The van der Waals surface area contributed by atoms with Gasteiger partial charge in [-0.25, -0.2) is 4.79 Å². The number of unbranched alkanes of at least 4 members (excludes halogenated alkanes) is 18. The van der Waals surface area contributed by atoms with Crippen molar-refractivity contribution in [2.75, 3.05) is 39.6 Å². The first-order valence-electron chi connectivity index (χ1n) is 25.0. The highest BCUT2D eigenvalue weighted by Gasteiger charge is 2.20. The zero-order valence-corrected chi connectivity index (χ0v) is 39.7. The van der Waals surface area contributed by atoms with E-state index in [1.807, 2.05) is 0 Å². The fourth-order valence-electron chi connectivity index (χ4n) is 6.89. The Hall–Kier alpha value is -2.39. The van der Waals surface area contributed by atoms with Crippen LogP contribution in [-0.2, 0) is 38.0 Å². The molecule has 0 fully saturated rings. The number of hydrogen-bond acceptors (Lipinski definition) is 9. The van der Waals surface area contributed by atoms with Crippen LogP contribution in [-0.4, -0.2) is 64.0 Å². The van der Waals surface area contributed by atoms with Crippen molar-refractivity contribution >= 4 is 18.1 Å². The normalized spacial score (nSPS) is 12.2. The van der Waals surface area contributed by atoms with Crippen LogP contribution in [0.2, 0.25) is 0 Å². The van der Waals surface area contributed by atoms with E-state index in [0.717, 1.165) is 96.3 Å². The van der Waals surface area contributed by atoms with Crippen molar-refractivity contribution in [1.29, 1.82) is 0 Å². The molecular weight excluding hydrogens is 757 g/mol. The maximum Gasteiger partial charge on any atom is 0.508 e. The van der Waals surface area contributed by atoms with Crippen LogP contribution in [0.25, 0.3) is 0 Å². The Balaban J connectivity index is 4.84. The molecular formula is C51H94O9. The highest BCUT2D eigenvalue weighted by Crippen LogP contribution is 2.16. The van der Waals surface area contributed by atoms with Crippen molar-refractivity contribution in [3.8, 4) is 0 Å². The van der Waals surface area contributed by atoms with Crippen molar-refractivity contribution in [2.24, 2.45) is 11.8 Å². The van der Waals surface area contributed by atoms with Gasteiger partial charge in [0, 0.05) is 26.1 Å². The van der Waals surface area contributed by atoms with E-state index in [1.165, 1.54) is 77.0 Å². The SMILES string of the molecule is CCCCC/C=C\C/C=C\CCCCCCCC(=O)OCC(COC(=O)CCC(OCCCCCCCC)OCCCCCCCC)COC(=O)OCCCC(CC)CC. The number of rotatable bonds is 45. The van der Waals surface area contributed by atoms with E-state index in [0.29, 0.717) is 38.6 Å². The third kappa shape index (κ3) is 41.0. The zero-order chi connectivity index (χ0) is 44.0. The Morgan fingerprint density at radius 3 is 1.45 bits per heavy atom. The van der Waals surface area contributed by atoms with Gasteiger partial charge in [-0.15, -0.1) is 0 Å². The molecule has 0 aromatic heterocycles. The summed E-state index contributed by atoms with van der Waals surface area (Å²) in [5.74, 6) is -0.578. The van der Waals surface area contributed by atoms with Crippen LogP contribution >= 0.6 is 0 Å². The molecule has 352 valence electrons. The molecule has 0 aromatic carbocycles. The summed E-state index contributed by atoms with van der Waals surface area (Å²) >= 11 is 0. The van der Waals surface area contributed by atoms with Crippen LogP contribution in [0.1, 0.15) is 227 Å². The molecule has 1 unspecified atom stereocenters. The van der Waals surface area contributed by atoms with E-state index < -0.39 is 24.3 Å². The van der Waals surface area contributed by atoms with Gasteiger partial charge in [0.15, 0.2) is 6.29 Å². The van der Waals surface area contributed by atoms with E-state index >= 15 is 0 Å². The van der Waals surface area contributed by atoms with Crippen LogP contribution in [0, 0.1) is 11.8 Å². The molecule has 0 N–H and O–H groups in total. The fraction of sp³-hybridized carbons (Fsp3) is 0.863. The van der Waals surface area contributed by atoms with Crippen molar-refractivity contribution in [2.45, 2.75) is 234 Å². The third-order valence-corrected chi connectivity index (χ3v) is 11.0. The molecule has 0 aliphatic rings. The van der Waals surface area contributed by atoms with Crippen molar-refractivity contribution in [1.82, 2.24) is 0 Å². The van der Waals surface area contributed by atoms with Crippen LogP contribution < -0.4 is 0 Å². The van der Waals surface area contributed by atoms with Gasteiger partial charge in [0.1, 0.15) is 19.8 Å². The molecule has 0 aromatic rings. The van der Waals surface area contributed by atoms with Gasteiger partial charge >= 0.3 is 18.1 Å².